The molecule has 1 N–H and O–H groups in total. The fourth-order valence-electron chi connectivity index (χ4n) is 2.42. The van der Waals surface area contributed by atoms with Crippen LogP contribution in [0.3, 0.4) is 0 Å². The van der Waals surface area contributed by atoms with Gasteiger partial charge in [0.25, 0.3) is 0 Å². The molecule has 2 nitrogen and oxygen atoms in total. The van der Waals surface area contributed by atoms with Gasteiger partial charge in [-0.3, -0.25) is 0 Å². The molecule has 0 spiro atoms. The van der Waals surface area contributed by atoms with Crippen LogP contribution in [0.5, 0.6) is 0 Å². The number of rotatable bonds is 6. The molecule has 0 aliphatic heterocycles. The first-order chi connectivity index (χ1) is 8.99. The summed E-state index contributed by atoms with van der Waals surface area (Å²) in [6.45, 7) is 4.28. The summed E-state index contributed by atoms with van der Waals surface area (Å²) < 4.78 is 0. The van der Waals surface area contributed by atoms with Crippen LogP contribution in [0.1, 0.15) is 31.4 Å². The number of hydrogen-bond acceptors (Lipinski definition) is 2. The zero-order valence-corrected chi connectivity index (χ0v) is 13.0. The number of hydrogen-bond donors (Lipinski definition) is 1. The SMILES string of the molecule is CC1CC1CN(C)CCC(O)c1cccc(Cl)c1Cl. The molecule has 19 heavy (non-hydrogen) atoms. The van der Waals surface area contributed by atoms with Gasteiger partial charge in [0.15, 0.2) is 0 Å². The molecule has 0 heterocycles. The molecule has 0 amide bonds. The minimum Gasteiger partial charge on any atom is -0.388 e. The predicted octanol–water partition coefficient (Wildman–Crippen LogP) is 4.00. The van der Waals surface area contributed by atoms with Gasteiger partial charge in [-0.05, 0) is 37.8 Å². The quantitative estimate of drug-likeness (QED) is 0.858. The number of nitrogens with zero attached hydrogens (tertiary/aromatic N) is 1. The van der Waals surface area contributed by atoms with Gasteiger partial charge < -0.3 is 10.0 Å². The second-order valence-electron chi connectivity index (χ2n) is 5.68. The van der Waals surface area contributed by atoms with Crippen molar-refractivity contribution in [3.63, 3.8) is 0 Å². The van der Waals surface area contributed by atoms with Gasteiger partial charge in [0.1, 0.15) is 0 Å². The van der Waals surface area contributed by atoms with E-state index in [4.69, 9.17) is 23.2 Å². The van der Waals surface area contributed by atoms with E-state index >= 15 is 0 Å². The number of aliphatic hydroxyl groups excluding tert-OH is 1. The van der Waals surface area contributed by atoms with E-state index in [1.54, 1.807) is 6.07 Å². The Morgan fingerprint density at radius 1 is 1.42 bits per heavy atom. The lowest BCUT2D eigenvalue weighted by atomic mass is 10.1. The summed E-state index contributed by atoms with van der Waals surface area (Å²) >= 11 is 12.1. The molecule has 3 atom stereocenters. The van der Waals surface area contributed by atoms with Gasteiger partial charge in [0.2, 0.25) is 0 Å². The third-order valence-electron chi connectivity index (χ3n) is 3.95. The largest absolute Gasteiger partial charge is 0.388 e. The third kappa shape index (κ3) is 4.09. The molecule has 3 unspecified atom stereocenters. The van der Waals surface area contributed by atoms with Gasteiger partial charge >= 0.3 is 0 Å². The molecule has 0 bridgehead atoms. The molecule has 1 saturated carbocycles. The fraction of sp³-hybridized carbons (Fsp3) is 0.600. The van der Waals surface area contributed by atoms with Crippen LogP contribution < -0.4 is 0 Å². The average Bonchev–Trinajstić information content (AvgIpc) is 3.05. The Kier molecular flexibility index (Phi) is 5.13. The van der Waals surface area contributed by atoms with E-state index in [9.17, 15) is 5.11 Å². The highest BCUT2D eigenvalue weighted by Crippen LogP contribution is 2.38. The van der Waals surface area contributed by atoms with Crippen molar-refractivity contribution in [3.05, 3.63) is 33.8 Å². The van der Waals surface area contributed by atoms with Crippen LogP contribution in [-0.4, -0.2) is 30.1 Å². The zero-order chi connectivity index (χ0) is 14.0. The van der Waals surface area contributed by atoms with E-state index in [1.165, 1.54) is 6.42 Å². The maximum absolute atomic E-state index is 10.2. The molecule has 4 heteroatoms. The molecule has 1 aliphatic carbocycles. The predicted molar refractivity (Wildman–Crippen MR) is 80.8 cm³/mol. The fourth-order valence-corrected chi connectivity index (χ4v) is 2.85. The summed E-state index contributed by atoms with van der Waals surface area (Å²) in [5.41, 5.74) is 0.724. The lowest BCUT2D eigenvalue weighted by Gasteiger charge is -2.19. The standard InChI is InChI=1S/C15H21Cl2NO/c1-10-8-11(10)9-18(2)7-6-14(19)12-4-3-5-13(16)15(12)17/h3-5,10-11,14,19H,6-9H2,1-2H3. The van der Waals surface area contributed by atoms with E-state index in [2.05, 4.69) is 18.9 Å². The van der Waals surface area contributed by atoms with Gasteiger partial charge in [-0.1, -0.05) is 42.3 Å². The topological polar surface area (TPSA) is 23.5 Å². The van der Waals surface area contributed by atoms with Crippen molar-refractivity contribution in [1.82, 2.24) is 4.90 Å². The van der Waals surface area contributed by atoms with Gasteiger partial charge in [-0.15, -0.1) is 0 Å². The van der Waals surface area contributed by atoms with Crippen LogP contribution in [0.2, 0.25) is 10.0 Å². The molecule has 1 aromatic rings. The second kappa shape index (κ2) is 6.45. The first-order valence-electron chi connectivity index (χ1n) is 6.79. The number of benzene rings is 1. The first kappa shape index (κ1) is 15.1. The van der Waals surface area contributed by atoms with E-state index in [0.29, 0.717) is 16.5 Å². The van der Waals surface area contributed by atoms with Gasteiger partial charge in [-0.2, -0.15) is 0 Å². The zero-order valence-electron chi connectivity index (χ0n) is 11.4. The van der Waals surface area contributed by atoms with E-state index in [1.807, 2.05) is 12.1 Å². The Bertz CT molecular complexity index is 438. The normalized spacial score (nSPS) is 23.7. The van der Waals surface area contributed by atoms with E-state index < -0.39 is 6.10 Å². The van der Waals surface area contributed by atoms with Crippen molar-refractivity contribution in [2.45, 2.75) is 25.9 Å². The Labute approximate surface area is 125 Å². The Morgan fingerprint density at radius 3 is 2.74 bits per heavy atom. The molecular weight excluding hydrogens is 281 g/mol. The Hall–Kier alpha value is -0.280. The van der Waals surface area contributed by atoms with Crippen molar-refractivity contribution in [2.24, 2.45) is 11.8 Å². The van der Waals surface area contributed by atoms with Crippen LogP contribution in [0.25, 0.3) is 0 Å². The monoisotopic (exact) mass is 301 g/mol. The number of halogens is 2. The summed E-state index contributed by atoms with van der Waals surface area (Å²) in [5.74, 6) is 1.71. The molecule has 106 valence electrons. The molecule has 1 aliphatic rings. The van der Waals surface area contributed by atoms with Crippen LogP contribution in [0.4, 0.5) is 0 Å². The molecule has 0 saturated heterocycles. The molecule has 0 radical (unpaired) electrons. The summed E-state index contributed by atoms with van der Waals surface area (Å²) in [5, 5.41) is 11.2. The summed E-state index contributed by atoms with van der Waals surface area (Å²) in [6.07, 6.45) is 1.47. The summed E-state index contributed by atoms with van der Waals surface area (Å²) in [4.78, 5) is 2.29. The molecule has 1 fully saturated rings. The van der Waals surface area contributed by atoms with Crippen molar-refractivity contribution >= 4 is 23.2 Å². The Morgan fingerprint density at radius 2 is 2.11 bits per heavy atom. The van der Waals surface area contributed by atoms with Gasteiger partial charge in [0, 0.05) is 18.7 Å². The lowest BCUT2D eigenvalue weighted by Crippen LogP contribution is -2.24. The highest BCUT2D eigenvalue weighted by atomic mass is 35.5. The smallest absolute Gasteiger partial charge is 0.0817 e. The van der Waals surface area contributed by atoms with Crippen molar-refractivity contribution in [1.29, 1.82) is 0 Å². The van der Waals surface area contributed by atoms with E-state index in [-0.39, 0.29) is 0 Å². The average molecular weight is 302 g/mol. The second-order valence-corrected chi connectivity index (χ2v) is 6.47. The Balaban J connectivity index is 1.83. The van der Waals surface area contributed by atoms with Crippen molar-refractivity contribution in [3.8, 4) is 0 Å². The lowest BCUT2D eigenvalue weighted by molar-refractivity contribution is 0.147. The van der Waals surface area contributed by atoms with Gasteiger partial charge in [-0.25, -0.2) is 0 Å². The number of aliphatic hydroxyl groups is 1. The highest BCUT2D eigenvalue weighted by molar-refractivity contribution is 6.42. The molecule has 1 aromatic carbocycles. The minimum atomic E-state index is -0.551. The summed E-state index contributed by atoms with van der Waals surface area (Å²) in [7, 11) is 2.11. The van der Waals surface area contributed by atoms with Crippen molar-refractivity contribution < 1.29 is 5.11 Å². The molecular formula is C15H21Cl2NO. The summed E-state index contributed by atoms with van der Waals surface area (Å²) in [6, 6.07) is 5.39. The maximum atomic E-state index is 10.2. The van der Waals surface area contributed by atoms with Gasteiger partial charge in [0.05, 0.1) is 16.1 Å². The molecule has 2 rings (SSSR count). The minimum absolute atomic E-state index is 0.468. The van der Waals surface area contributed by atoms with Crippen molar-refractivity contribution in [2.75, 3.05) is 20.1 Å². The third-order valence-corrected chi connectivity index (χ3v) is 4.78. The van der Waals surface area contributed by atoms with E-state index in [0.717, 1.165) is 30.5 Å². The maximum Gasteiger partial charge on any atom is 0.0817 e. The van der Waals surface area contributed by atoms with Crippen LogP contribution in [0.15, 0.2) is 18.2 Å². The van der Waals surface area contributed by atoms with Crippen LogP contribution in [0, 0.1) is 11.8 Å². The molecule has 0 aromatic heterocycles. The van der Waals surface area contributed by atoms with Crippen LogP contribution >= 0.6 is 23.2 Å². The first-order valence-corrected chi connectivity index (χ1v) is 7.55. The highest BCUT2D eigenvalue weighted by Gasteiger charge is 2.33. The van der Waals surface area contributed by atoms with Crippen LogP contribution in [-0.2, 0) is 0 Å².